The van der Waals surface area contributed by atoms with Gasteiger partial charge >= 0.3 is 0 Å². The standard InChI is InChI=1S/C31H32N2O5S/c1-37-28-18-19-29(38-2)30(20-28)39(35,36)33(23-27-16-10-5-11-17-27)24-31(34)32(21-25-12-6-3-7-13-25)22-26-14-8-4-9-15-26/h3-20H,21-24H2,1-2H3. The number of ether oxygens (including phenoxy) is 2. The van der Waals surface area contributed by atoms with Crippen molar-refractivity contribution in [2.75, 3.05) is 20.8 Å². The first kappa shape index (κ1) is 27.9. The van der Waals surface area contributed by atoms with E-state index in [1.54, 1.807) is 17.0 Å². The molecule has 0 N–H and O–H groups in total. The molecule has 4 aromatic rings. The van der Waals surface area contributed by atoms with Crippen molar-refractivity contribution in [1.29, 1.82) is 0 Å². The highest BCUT2D eigenvalue weighted by Crippen LogP contribution is 2.31. The second kappa shape index (κ2) is 13.1. The summed E-state index contributed by atoms with van der Waals surface area (Å²) in [5.74, 6) is 0.228. The summed E-state index contributed by atoms with van der Waals surface area (Å²) in [6, 6.07) is 33.1. The summed E-state index contributed by atoms with van der Waals surface area (Å²) in [6.45, 7) is 0.351. The van der Waals surface area contributed by atoms with Crippen LogP contribution >= 0.6 is 0 Å². The molecule has 4 rings (SSSR count). The summed E-state index contributed by atoms with van der Waals surface area (Å²) in [5.41, 5.74) is 2.66. The number of carbonyl (C=O) groups is 1. The van der Waals surface area contributed by atoms with E-state index < -0.39 is 10.0 Å². The van der Waals surface area contributed by atoms with Crippen molar-refractivity contribution in [1.82, 2.24) is 9.21 Å². The topological polar surface area (TPSA) is 76.1 Å². The molecule has 0 aromatic heterocycles. The third-order valence-electron chi connectivity index (χ3n) is 6.29. The number of hydrogen-bond donors (Lipinski definition) is 0. The lowest BCUT2D eigenvalue weighted by Crippen LogP contribution is -2.42. The maximum Gasteiger partial charge on any atom is 0.247 e. The zero-order valence-electron chi connectivity index (χ0n) is 22.1. The van der Waals surface area contributed by atoms with Crippen LogP contribution in [0.1, 0.15) is 16.7 Å². The van der Waals surface area contributed by atoms with Crippen LogP contribution in [-0.4, -0.2) is 44.3 Å². The molecule has 0 aliphatic rings. The number of nitrogens with zero attached hydrogens (tertiary/aromatic N) is 2. The van der Waals surface area contributed by atoms with Gasteiger partial charge in [0.2, 0.25) is 15.9 Å². The first-order valence-electron chi connectivity index (χ1n) is 12.5. The van der Waals surface area contributed by atoms with Crippen LogP contribution in [0.25, 0.3) is 0 Å². The van der Waals surface area contributed by atoms with Crippen LogP contribution in [0.2, 0.25) is 0 Å². The highest BCUT2D eigenvalue weighted by molar-refractivity contribution is 7.89. The minimum atomic E-state index is -4.17. The first-order chi connectivity index (χ1) is 18.9. The van der Waals surface area contributed by atoms with Gasteiger partial charge in [-0.1, -0.05) is 91.0 Å². The molecule has 0 atom stereocenters. The predicted octanol–water partition coefficient (Wildman–Crippen LogP) is 5.12. The molecule has 0 spiro atoms. The molecule has 1 amide bonds. The number of methoxy groups -OCH3 is 2. The van der Waals surface area contributed by atoms with Crippen LogP contribution in [0.4, 0.5) is 0 Å². The molecule has 0 saturated carbocycles. The van der Waals surface area contributed by atoms with Crippen molar-refractivity contribution < 1.29 is 22.7 Å². The molecule has 8 heteroatoms. The number of amides is 1. The largest absolute Gasteiger partial charge is 0.497 e. The monoisotopic (exact) mass is 544 g/mol. The van der Waals surface area contributed by atoms with Crippen LogP contribution in [0.5, 0.6) is 11.5 Å². The SMILES string of the molecule is COc1ccc(OC)c(S(=O)(=O)N(CC(=O)N(Cc2ccccc2)Cc2ccccc2)Cc2ccccc2)c1. The minimum absolute atomic E-state index is 0.0137. The molecule has 202 valence electrons. The van der Waals surface area contributed by atoms with E-state index in [1.165, 1.54) is 24.6 Å². The maximum absolute atomic E-state index is 14.1. The highest BCUT2D eigenvalue weighted by Gasteiger charge is 2.32. The molecule has 7 nitrogen and oxygen atoms in total. The van der Waals surface area contributed by atoms with Gasteiger partial charge in [-0.05, 0) is 28.8 Å². The number of hydrogen-bond acceptors (Lipinski definition) is 5. The van der Waals surface area contributed by atoms with Crippen molar-refractivity contribution in [2.24, 2.45) is 0 Å². The number of carbonyl (C=O) groups excluding carboxylic acids is 1. The molecule has 0 aliphatic carbocycles. The van der Waals surface area contributed by atoms with Gasteiger partial charge in [-0.25, -0.2) is 8.42 Å². The highest BCUT2D eigenvalue weighted by atomic mass is 32.2. The Labute approximate surface area is 230 Å². The number of rotatable bonds is 12. The second-order valence-corrected chi connectivity index (χ2v) is 10.9. The molecule has 0 saturated heterocycles. The lowest BCUT2D eigenvalue weighted by Gasteiger charge is -2.28. The third-order valence-corrected chi connectivity index (χ3v) is 8.10. The van der Waals surface area contributed by atoms with Gasteiger partial charge in [0.05, 0.1) is 20.8 Å². The van der Waals surface area contributed by atoms with Crippen molar-refractivity contribution in [3.05, 3.63) is 126 Å². The Kier molecular flexibility index (Phi) is 9.35. The fourth-order valence-corrected chi connectivity index (χ4v) is 5.78. The number of sulfonamides is 1. The fraction of sp³-hybridized carbons (Fsp3) is 0.194. The molecule has 0 unspecified atom stereocenters. The van der Waals surface area contributed by atoms with Gasteiger partial charge in [0, 0.05) is 25.7 Å². The van der Waals surface area contributed by atoms with E-state index in [1.807, 2.05) is 91.0 Å². The van der Waals surface area contributed by atoms with Gasteiger partial charge in [0.15, 0.2) is 0 Å². The van der Waals surface area contributed by atoms with Crippen molar-refractivity contribution in [3.63, 3.8) is 0 Å². The van der Waals surface area contributed by atoms with Crippen molar-refractivity contribution in [3.8, 4) is 11.5 Å². The van der Waals surface area contributed by atoms with E-state index in [-0.39, 0.29) is 29.6 Å². The molecule has 0 radical (unpaired) electrons. The lowest BCUT2D eigenvalue weighted by molar-refractivity contribution is -0.132. The second-order valence-electron chi connectivity index (χ2n) is 9.00. The molecule has 0 heterocycles. The summed E-state index contributed by atoms with van der Waals surface area (Å²) < 4.78 is 40.0. The molecule has 39 heavy (non-hydrogen) atoms. The lowest BCUT2D eigenvalue weighted by atomic mass is 10.1. The molecular weight excluding hydrogens is 512 g/mol. The first-order valence-corrected chi connectivity index (χ1v) is 14.0. The predicted molar refractivity (Wildman–Crippen MR) is 151 cm³/mol. The Balaban J connectivity index is 1.70. The minimum Gasteiger partial charge on any atom is -0.497 e. The fourth-order valence-electron chi connectivity index (χ4n) is 4.23. The summed E-state index contributed by atoms with van der Waals surface area (Å²) >= 11 is 0. The zero-order valence-corrected chi connectivity index (χ0v) is 22.9. The van der Waals surface area contributed by atoms with E-state index >= 15 is 0 Å². The van der Waals surface area contributed by atoms with Gasteiger partial charge in [-0.15, -0.1) is 0 Å². The van der Waals surface area contributed by atoms with E-state index in [0.717, 1.165) is 16.7 Å². The van der Waals surface area contributed by atoms with Crippen LogP contribution in [0, 0.1) is 0 Å². The van der Waals surface area contributed by atoms with Crippen LogP contribution < -0.4 is 9.47 Å². The Hall–Kier alpha value is -4.14. The quantitative estimate of drug-likeness (QED) is 0.247. The van der Waals surface area contributed by atoms with E-state index in [0.29, 0.717) is 18.8 Å². The summed E-state index contributed by atoms with van der Waals surface area (Å²) in [4.78, 5) is 15.5. The Morgan fingerprint density at radius 1 is 0.667 bits per heavy atom. The third kappa shape index (κ3) is 7.25. The summed E-state index contributed by atoms with van der Waals surface area (Å²) in [6.07, 6.45) is 0. The molecule has 0 aliphatic heterocycles. The van der Waals surface area contributed by atoms with Crippen molar-refractivity contribution in [2.45, 2.75) is 24.5 Å². The van der Waals surface area contributed by atoms with E-state index in [4.69, 9.17) is 9.47 Å². The Morgan fingerprint density at radius 3 is 1.62 bits per heavy atom. The van der Waals surface area contributed by atoms with E-state index in [9.17, 15) is 13.2 Å². The smallest absolute Gasteiger partial charge is 0.247 e. The van der Waals surface area contributed by atoms with Gasteiger partial charge < -0.3 is 14.4 Å². The molecule has 0 fully saturated rings. The summed E-state index contributed by atoms with van der Waals surface area (Å²) in [5, 5.41) is 0. The van der Waals surface area contributed by atoms with E-state index in [2.05, 4.69) is 0 Å². The Bertz CT molecular complexity index is 1420. The van der Waals surface area contributed by atoms with Gasteiger partial charge in [-0.3, -0.25) is 4.79 Å². The van der Waals surface area contributed by atoms with Crippen LogP contribution in [0.3, 0.4) is 0 Å². The Morgan fingerprint density at radius 2 is 1.15 bits per heavy atom. The van der Waals surface area contributed by atoms with Crippen molar-refractivity contribution >= 4 is 15.9 Å². The van der Waals surface area contributed by atoms with Gasteiger partial charge in [0.25, 0.3) is 0 Å². The van der Waals surface area contributed by atoms with Crippen LogP contribution in [-0.2, 0) is 34.5 Å². The summed E-state index contributed by atoms with van der Waals surface area (Å²) in [7, 11) is -1.29. The maximum atomic E-state index is 14.1. The number of benzene rings is 4. The van der Waals surface area contributed by atoms with Gasteiger partial charge in [0.1, 0.15) is 16.4 Å². The normalized spacial score (nSPS) is 11.3. The van der Waals surface area contributed by atoms with Crippen LogP contribution in [0.15, 0.2) is 114 Å². The van der Waals surface area contributed by atoms with Gasteiger partial charge in [-0.2, -0.15) is 4.31 Å². The molecular formula is C31H32N2O5S. The molecule has 0 bridgehead atoms. The zero-order chi connectivity index (χ0) is 27.7. The molecule has 4 aromatic carbocycles. The average molecular weight is 545 g/mol. The average Bonchev–Trinajstić information content (AvgIpc) is 2.97.